The molecule has 3 aromatic rings. The molecular formula is C19H20N4O2. The fourth-order valence-corrected chi connectivity index (χ4v) is 2.49. The Labute approximate surface area is 146 Å². The Balaban J connectivity index is 1.51. The fourth-order valence-electron chi connectivity index (χ4n) is 2.49. The first-order valence-corrected chi connectivity index (χ1v) is 8.17. The average molecular weight is 336 g/mol. The summed E-state index contributed by atoms with van der Waals surface area (Å²) in [5.41, 5.74) is 1.96. The van der Waals surface area contributed by atoms with Crippen molar-refractivity contribution in [1.29, 1.82) is 0 Å². The van der Waals surface area contributed by atoms with E-state index in [0.29, 0.717) is 6.54 Å². The van der Waals surface area contributed by atoms with Crippen LogP contribution in [0.4, 0.5) is 0 Å². The number of amides is 1. The van der Waals surface area contributed by atoms with E-state index in [1.54, 1.807) is 0 Å². The van der Waals surface area contributed by atoms with Crippen molar-refractivity contribution in [3.8, 4) is 0 Å². The van der Waals surface area contributed by atoms with E-state index in [2.05, 4.69) is 15.4 Å². The van der Waals surface area contributed by atoms with Gasteiger partial charge in [0.15, 0.2) is 0 Å². The van der Waals surface area contributed by atoms with Crippen molar-refractivity contribution in [2.24, 2.45) is 0 Å². The average Bonchev–Trinajstić information content (AvgIpc) is 3.12. The number of aliphatic hydroxyl groups excluding tert-OH is 1. The predicted octanol–water partition coefficient (Wildman–Crippen LogP) is 1.98. The van der Waals surface area contributed by atoms with E-state index < -0.39 is 6.10 Å². The summed E-state index contributed by atoms with van der Waals surface area (Å²) in [6.07, 6.45) is 1.51. The van der Waals surface area contributed by atoms with Gasteiger partial charge in [0.25, 0.3) is 5.91 Å². The molecule has 2 aromatic carbocycles. The molecular weight excluding hydrogens is 316 g/mol. The van der Waals surface area contributed by atoms with Crippen LogP contribution >= 0.6 is 0 Å². The van der Waals surface area contributed by atoms with Gasteiger partial charge in [0.1, 0.15) is 6.33 Å². The van der Waals surface area contributed by atoms with Crippen molar-refractivity contribution in [2.75, 3.05) is 6.54 Å². The number of rotatable bonds is 7. The fraction of sp³-hybridized carbons (Fsp3) is 0.211. The standard InChI is InChI=1S/C19H20N4O2/c24-17(16-9-5-2-6-10-16)13-23-14-21-18(22-23)19(25)20-12-11-15-7-3-1-4-8-15/h1-10,14,17,24H,11-13H2,(H,20,25)/t17-/m1/s1. The molecule has 0 spiro atoms. The van der Waals surface area contributed by atoms with E-state index in [-0.39, 0.29) is 18.3 Å². The van der Waals surface area contributed by atoms with Gasteiger partial charge in [-0.05, 0) is 17.5 Å². The van der Waals surface area contributed by atoms with Crippen LogP contribution in [0.3, 0.4) is 0 Å². The van der Waals surface area contributed by atoms with Gasteiger partial charge in [-0.15, -0.1) is 5.10 Å². The van der Waals surface area contributed by atoms with Crippen LogP contribution in [0.25, 0.3) is 0 Å². The largest absolute Gasteiger partial charge is 0.386 e. The second-order valence-electron chi connectivity index (χ2n) is 5.71. The van der Waals surface area contributed by atoms with Crippen LogP contribution in [-0.2, 0) is 13.0 Å². The quantitative estimate of drug-likeness (QED) is 0.691. The summed E-state index contributed by atoms with van der Waals surface area (Å²) in [6, 6.07) is 19.3. The third-order valence-corrected chi connectivity index (χ3v) is 3.83. The molecule has 0 unspecified atom stereocenters. The van der Waals surface area contributed by atoms with E-state index in [1.807, 2.05) is 60.7 Å². The molecule has 1 atom stereocenters. The van der Waals surface area contributed by atoms with E-state index in [4.69, 9.17) is 0 Å². The highest BCUT2D eigenvalue weighted by Crippen LogP contribution is 2.13. The summed E-state index contributed by atoms with van der Waals surface area (Å²) in [6.45, 7) is 0.762. The molecule has 0 fully saturated rings. The molecule has 0 saturated heterocycles. The Hall–Kier alpha value is -2.99. The highest BCUT2D eigenvalue weighted by Gasteiger charge is 2.13. The van der Waals surface area contributed by atoms with Crippen molar-refractivity contribution in [3.63, 3.8) is 0 Å². The molecule has 128 valence electrons. The molecule has 2 N–H and O–H groups in total. The Morgan fingerprint density at radius 3 is 2.48 bits per heavy atom. The lowest BCUT2D eigenvalue weighted by molar-refractivity contribution is 0.0942. The van der Waals surface area contributed by atoms with Crippen molar-refractivity contribution >= 4 is 5.91 Å². The number of hydrogen-bond acceptors (Lipinski definition) is 4. The molecule has 6 heteroatoms. The number of aliphatic hydroxyl groups is 1. The lowest BCUT2D eigenvalue weighted by atomic mass is 10.1. The van der Waals surface area contributed by atoms with Gasteiger partial charge in [-0.1, -0.05) is 60.7 Å². The maximum absolute atomic E-state index is 12.1. The summed E-state index contributed by atoms with van der Waals surface area (Å²) in [5.74, 6) is -0.211. The van der Waals surface area contributed by atoms with Gasteiger partial charge in [0.2, 0.25) is 5.82 Å². The Kier molecular flexibility index (Phi) is 5.53. The van der Waals surface area contributed by atoms with Gasteiger partial charge in [-0.25, -0.2) is 9.67 Å². The molecule has 1 amide bonds. The molecule has 6 nitrogen and oxygen atoms in total. The second-order valence-corrected chi connectivity index (χ2v) is 5.71. The first-order chi connectivity index (χ1) is 12.2. The molecule has 25 heavy (non-hydrogen) atoms. The predicted molar refractivity (Wildman–Crippen MR) is 93.9 cm³/mol. The number of nitrogens with one attached hydrogen (secondary N) is 1. The summed E-state index contributed by atoms with van der Waals surface area (Å²) >= 11 is 0. The van der Waals surface area contributed by atoms with Crippen molar-refractivity contribution in [3.05, 3.63) is 83.9 Å². The van der Waals surface area contributed by atoms with Gasteiger partial charge < -0.3 is 10.4 Å². The SMILES string of the molecule is O=C(NCCc1ccccc1)c1ncn(C[C@@H](O)c2ccccc2)n1. The minimum atomic E-state index is -0.697. The number of aromatic nitrogens is 3. The first-order valence-electron chi connectivity index (χ1n) is 8.17. The third-order valence-electron chi connectivity index (χ3n) is 3.83. The Morgan fingerprint density at radius 2 is 1.76 bits per heavy atom. The molecule has 1 aromatic heterocycles. The zero-order valence-corrected chi connectivity index (χ0v) is 13.7. The van der Waals surface area contributed by atoms with Crippen molar-refractivity contribution in [2.45, 2.75) is 19.1 Å². The van der Waals surface area contributed by atoms with Crippen LogP contribution < -0.4 is 5.32 Å². The van der Waals surface area contributed by atoms with Crippen LogP contribution in [0.15, 0.2) is 67.0 Å². The highest BCUT2D eigenvalue weighted by molar-refractivity contribution is 5.90. The number of benzene rings is 2. The molecule has 0 aliphatic carbocycles. The summed E-state index contributed by atoms with van der Waals surface area (Å²) in [4.78, 5) is 16.1. The zero-order chi connectivity index (χ0) is 17.5. The molecule has 0 radical (unpaired) electrons. The number of carbonyl (C=O) groups is 1. The summed E-state index contributed by atoms with van der Waals surface area (Å²) in [7, 11) is 0. The molecule has 1 heterocycles. The van der Waals surface area contributed by atoms with Crippen LogP contribution in [0.5, 0.6) is 0 Å². The van der Waals surface area contributed by atoms with Crippen molar-refractivity contribution < 1.29 is 9.90 Å². The molecule has 0 bridgehead atoms. The Morgan fingerprint density at radius 1 is 1.08 bits per heavy atom. The number of carbonyl (C=O) groups excluding carboxylic acids is 1. The topological polar surface area (TPSA) is 80.0 Å². The smallest absolute Gasteiger partial charge is 0.290 e. The minimum Gasteiger partial charge on any atom is -0.386 e. The molecule has 0 aliphatic rings. The number of nitrogens with zero attached hydrogens (tertiary/aromatic N) is 3. The second kappa shape index (κ2) is 8.21. The van der Waals surface area contributed by atoms with E-state index >= 15 is 0 Å². The number of hydrogen-bond donors (Lipinski definition) is 2. The third kappa shape index (κ3) is 4.74. The van der Waals surface area contributed by atoms with Crippen LogP contribution in [0.1, 0.15) is 27.8 Å². The van der Waals surface area contributed by atoms with Crippen LogP contribution in [0.2, 0.25) is 0 Å². The highest BCUT2D eigenvalue weighted by atomic mass is 16.3. The van der Waals surface area contributed by atoms with Gasteiger partial charge in [0, 0.05) is 6.54 Å². The first kappa shape index (κ1) is 16.9. The van der Waals surface area contributed by atoms with E-state index in [0.717, 1.165) is 17.5 Å². The minimum absolute atomic E-state index is 0.105. The molecule has 0 aliphatic heterocycles. The lowest BCUT2D eigenvalue weighted by Crippen LogP contribution is -2.27. The van der Waals surface area contributed by atoms with Crippen LogP contribution in [-0.4, -0.2) is 32.3 Å². The van der Waals surface area contributed by atoms with Gasteiger partial charge in [-0.2, -0.15) is 0 Å². The van der Waals surface area contributed by atoms with Crippen molar-refractivity contribution in [1.82, 2.24) is 20.1 Å². The maximum atomic E-state index is 12.1. The Bertz CT molecular complexity index is 803. The van der Waals surface area contributed by atoms with Gasteiger partial charge in [-0.3, -0.25) is 4.79 Å². The van der Waals surface area contributed by atoms with Crippen LogP contribution in [0, 0.1) is 0 Å². The summed E-state index contributed by atoms with van der Waals surface area (Å²) < 4.78 is 1.48. The van der Waals surface area contributed by atoms with Gasteiger partial charge in [0.05, 0.1) is 12.6 Å². The molecule has 0 saturated carbocycles. The van der Waals surface area contributed by atoms with Gasteiger partial charge >= 0.3 is 0 Å². The summed E-state index contributed by atoms with van der Waals surface area (Å²) in [5, 5.41) is 17.1. The maximum Gasteiger partial charge on any atom is 0.290 e. The van der Waals surface area contributed by atoms with E-state index in [9.17, 15) is 9.90 Å². The molecule has 3 rings (SSSR count). The normalized spacial score (nSPS) is 11.9. The monoisotopic (exact) mass is 336 g/mol. The van der Waals surface area contributed by atoms with E-state index in [1.165, 1.54) is 11.0 Å². The zero-order valence-electron chi connectivity index (χ0n) is 13.7. The lowest BCUT2D eigenvalue weighted by Gasteiger charge is -2.10.